The zero-order valence-corrected chi connectivity index (χ0v) is 17.2. The maximum absolute atomic E-state index is 12.3. The van der Waals surface area contributed by atoms with Crippen LogP contribution in [-0.2, 0) is 0 Å². The standard InChI is InChI=1S/C21H28N4O7/c22-15-3-11(1-13(5-15)20(31)24-7-17(28)9-26)19(30)12-2-14(6-16(23)4-12)21(32)25-8-18(29)10-27/h1-6,17-19,26-30H,7-10,22-23H2,(H,24,31)(H,25,32). The molecule has 2 rings (SSSR count). The van der Waals surface area contributed by atoms with Gasteiger partial charge in [-0.25, -0.2) is 0 Å². The molecule has 0 saturated carbocycles. The summed E-state index contributed by atoms with van der Waals surface area (Å²) in [6.45, 7) is -1.35. The predicted molar refractivity (Wildman–Crippen MR) is 117 cm³/mol. The maximum Gasteiger partial charge on any atom is 0.251 e. The van der Waals surface area contributed by atoms with Gasteiger partial charge in [-0.05, 0) is 47.5 Å². The van der Waals surface area contributed by atoms with Crippen molar-refractivity contribution in [1.82, 2.24) is 10.6 Å². The number of carbonyl (C=O) groups excluding carboxylic acids is 2. The Morgan fingerprint density at radius 1 is 0.719 bits per heavy atom. The van der Waals surface area contributed by atoms with Crippen molar-refractivity contribution in [3.05, 3.63) is 58.7 Å². The molecule has 11 heteroatoms. The number of amides is 2. The topological polar surface area (TPSA) is 211 Å². The lowest BCUT2D eigenvalue weighted by molar-refractivity contribution is 0.0799. The maximum atomic E-state index is 12.3. The van der Waals surface area contributed by atoms with Crippen LogP contribution in [0.1, 0.15) is 37.9 Å². The summed E-state index contributed by atoms with van der Waals surface area (Å²) >= 11 is 0. The molecule has 2 atom stereocenters. The van der Waals surface area contributed by atoms with E-state index in [1.54, 1.807) is 0 Å². The number of benzene rings is 2. The fraction of sp³-hybridized carbons (Fsp3) is 0.333. The molecule has 2 amide bonds. The van der Waals surface area contributed by atoms with Crippen LogP contribution >= 0.6 is 0 Å². The molecule has 0 aliphatic rings. The number of hydrogen-bond acceptors (Lipinski definition) is 9. The van der Waals surface area contributed by atoms with E-state index in [1.165, 1.54) is 36.4 Å². The zero-order valence-electron chi connectivity index (χ0n) is 17.2. The SMILES string of the molecule is Nc1cc(C(=O)NCC(O)CO)cc(C(O)c2cc(N)cc(C(=O)NCC(O)CO)c2)c1. The van der Waals surface area contributed by atoms with Crippen molar-refractivity contribution < 1.29 is 35.1 Å². The first-order valence-corrected chi connectivity index (χ1v) is 9.77. The number of nitrogens with one attached hydrogen (secondary N) is 2. The lowest BCUT2D eigenvalue weighted by atomic mass is 9.96. The van der Waals surface area contributed by atoms with E-state index in [-0.39, 0.29) is 46.7 Å². The summed E-state index contributed by atoms with van der Waals surface area (Å²) in [7, 11) is 0. The third-order valence-corrected chi connectivity index (χ3v) is 4.53. The average molecular weight is 448 g/mol. The Kier molecular flexibility index (Phi) is 8.93. The first kappa shape index (κ1) is 25.0. The molecule has 0 heterocycles. The molecule has 0 radical (unpaired) electrons. The highest BCUT2D eigenvalue weighted by atomic mass is 16.3. The highest BCUT2D eigenvalue weighted by Crippen LogP contribution is 2.27. The van der Waals surface area contributed by atoms with Crippen molar-refractivity contribution in [2.45, 2.75) is 18.3 Å². The number of rotatable bonds is 10. The summed E-state index contributed by atoms with van der Waals surface area (Å²) in [5.74, 6) is -1.12. The molecule has 0 aliphatic heterocycles. The molecule has 32 heavy (non-hydrogen) atoms. The average Bonchev–Trinajstić information content (AvgIpc) is 2.78. The van der Waals surface area contributed by atoms with Crippen molar-refractivity contribution in [3.63, 3.8) is 0 Å². The third kappa shape index (κ3) is 6.90. The molecular formula is C21H28N4O7. The zero-order chi connectivity index (χ0) is 23.8. The van der Waals surface area contributed by atoms with Gasteiger partial charge >= 0.3 is 0 Å². The molecule has 0 aliphatic carbocycles. The van der Waals surface area contributed by atoms with Gasteiger partial charge in [0.2, 0.25) is 0 Å². The first-order chi connectivity index (χ1) is 15.1. The van der Waals surface area contributed by atoms with Crippen LogP contribution in [0.2, 0.25) is 0 Å². The van der Waals surface area contributed by atoms with E-state index in [4.69, 9.17) is 21.7 Å². The van der Waals surface area contributed by atoms with Crippen molar-refractivity contribution in [2.24, 2.45) is 0 Å². The van der Waals surface area contributed by atoms with E-state index >= 15 is 0 Å². The number of nitrogen functional groups attached to an aromatic ring is 2. The van der Waals surface area contributed by atoms with Gasteiger partial charge in [0.25, 0.3) is 11.8 Å². The molecule has 2 unspecified atom stereocenters. The summed E-state index contributed by atoms with van der Waals surface area (Å²) in [4.78, 5) is 24.7. The fourth-order valence-corrected chi connectivity index (χ4v) is 2.88. The van der Waals surface area contributed by atoms with Gasteiger partial charge in [-0.2, -0.15) is 0 Å². The van der Waals surface area contributed by atoms with E-state index in [0.717, 1.165) is 0 Å². The van der Waals surface area contributed by atoms with Crippen LogP contribution in [0.4, 0.5) is 11.4 Å². The van der Waals surface area contributed by atoms with Gasteiger partial charge in [0.1, 0.15) is 6.10 Å². The summed E-state index contributed by atoms with van der Waals surface area (Å²) in [5, 5.41) is 52.2. The van der Waals surface area contributed by atoms with E-state index in [9.17, 15) is 24.9 Å². The second kappa shape index (κ2) is 11.4. The summed E-state index contributed by atoms with van der Waals surface area (Å²) in [5.41, 5.74) is 12.9. The second-order valence-electron chi connectivity index (χ2n) is 7.27. The van der Waals surface area contributed by atoms with Crippen LogP contribution < -0.4 is 22.1 Å². The number of anilines is 2. The Morgan fingerprint density at radius 3 is 1.44 bits per heavy atom. The number of nitrogens with two attached hydrogens (primary N) is 2. The van der Waals surface area contributed by atoms with Gasteiger partial charge in [0, 0.05) is 35.6 Å². The van der Waals surface area contributed by atoms with Crippen LogP contribution in [0.25, 0.3) is 0 Å². The Bertz CT molecular complexity index is 878. The molecule has 0 saturated heterocycles. The highest BCUT2D eigenvalue weighted by molar-refractivity contribution is 5.96. The number of aliphatic hydroxyl groups is 5. The highest BCUT2D eigenvalue weighted by Gasteiger charge is 2.18. The van der Waals surface area contributed by atoms with E-state index < -0.39 is 43.3 Å². The van der Waals surface area contributed by atoms with E-state index in [2.05, 4.69) is 10.6 Å². The van der Waals surface area contributed by atoms with Crippen LogP contribution in [0, 0.1) is 0 Å². The Hall–Kier alpha value is -3.22. The molecule has 0 fully saturated rings. The van der Waals surface area contributed by atoms with Crippen molar-refractivity contribution in [3.8, 4) is 0 Å². The molecule has 174 valence electrons. The molecular weight excluding hydrogens is 420 g/mol. The van der Waals surface area contributed by atoms with Gasteiger partial charge in [-0.3, -0.25) is 9.59 Å². The molecule has 11 N–H and O–H groups in total. The van der Waals surface area contributed by atoms with Crippen LogP contribution in [0.5, 0.6) is 0 Å². The minimum absolute atomic E-state index is 0.129. The summed E-state index contributed by atoms with van der Waals surface area (Å²) in [6.07, 6.45) is -3.49. The quantitative estimate of drug-likeness (QED) is 0.185. The second-order valence-corrected chi connectivity index (χ2v) is 7.27. The Balaban J connectivity index is 2.26. The molecule has 0 spiro atoms. The monoisotopic (exact) mass is 448 g/mol. The normalized spacial score (nSPS) is 13.8. The summed E-state index contributed by atoms with van der Waals surface area (Å²) in [6, 6.07) is 8.52. The first-order valence-electron chi connectivity index (χ1n) is 9.77. The largest absolute Gasteiger partial charge is 0.399 e. The lowest BCUT2D eigenvalue weighted by Crippen LogP contribution is -2.34. The van der Waals surface area contributed by atoms with Gasteiger partial charge < -0.3 is 47.6 Å². The molecule has 0 aromatic heterocycles. The number of carbonyl (C=O) groups is 2. The van der Waals surface area contributed by atoms with Crippen LogP contribution in [0.15, 0.2) is 36.4 Å². The fourth-order valence-electron chi connectivity index (χ4n) is 2.88. The minimum atomic E-state index is -1.27. The lowest BCUT2D eigenvalue weighted by Gasteiger charge is -2.16. The molecule has 2 aromatic rings. The van der Waals surface area contributed by atoms with Crippen LogP contribution in [-0.4, -0.2) is 75.9 Å². The third-order valence-electron chi connectivity index (χ3n) is 4.53. The van der Waals surface area contributed by atoms with Crippen molar-refractivity contribution in [1.29, 1.82) is 0 Å². The minimum Gasteiger partial charge on any atom is -0.399 e. The van der Waals surface area contributed by atoms with E-state index in [1.807, 2.05) is 0 Å². The summed E-state index contributed by atoms with van der Waals surface area (Å²) < 4.78 is 0. The van der Waals surface area contributed by atoms with Crippen molar-refractivity contribution in [2.75, 3.05) is 37.8 Å². The Morgan fingerprint density at radius 2 is 1.09 bits per heavy atom. The van der Waals surface area contributed by atoms with E-state index in [0.29, 0.717) is 0 Å². The molecule has 2 aromatic carbocycles. The number of aliphatic hydroxyl groups excluding tert-OH is 5. The Labute approximate surface area is 184 Å². The van der Waals surface area contributed by atoms with Gasteiger partial charge in [-0.1, -0.05) is 0 Å². The van der Waals surface area contributed by atoms with Gasteiger partial charge in [0.05, 0.1) is 25.4 Å². The smallest absolute Gasteiger partial charge is 0.251 e. The molecule has 11 nitrogen and oxygen atoms in total. The molecule has 0 bridgehead atoms. The van der Waals surface area contributed by atoms with Crippen molar-refractivity contribution >= 4 is 23.2 Å². The van der Waals surface area contributed by atoms with Gasteiger partial charge in [-0.15, -0.1) is 0 Å². The van der Waals surface area contributed by atoms with Gasteiger partial charge in [0.15, 0.2) is 0 Å². The van der Waals surface area contributed by atoms with Crippen LogP contribution in [0.3, 0.4) is 0 Å². The predicted octanol–water partition coefficient (Wildman–Crippen LogP) is -1.90. The number of hydrogen-bond donors (Lipinski definition) is 9.